The molecule has 3 amide bonds. The lowest BCUT2D eigenvalue weighted by atomic mass is 9.95. The number of hydrogen-bond donors (Lipinski definition) is 3. The highest BCUT2D eigenvalue weighted by atomic mass is 127. The lowest BCUT2D eigenvalue weighted by molar-refractivity contribution is -0.384. The molecule has 0 spiro atoms. The van der Waals surface area contributed by atoms with Gasteiger partial charge >= 0.3 is 12.0 Å². The Kier molecular flexibility index (Phi) is 12.1. The Hall–Kier alpha value is -5.39. The summed E-state index contributed by atoms with van der Waals surface area (Å²) in [6, 6.07) is 13.0. The minimum absolute atomic E-state index is 0.0297. The van der Waals surface area contributed by atoms with Crippen LogP contribution < -0.4 is 35.0 Å². The molecule has 1 aliphatic rings. The highest BCUT2D eigenvalue weighted by molar-refractivity contribution is 14.1. The first-order chi connectivity index (χ1) is 23.0. The van der Waals surface area contributed by atoms with E-state index in [1.165, 1.54) is 32.6 Å². The van der Waals surface area contributed by atoms with Crippen molar-refractivity contribution in [2.75, 3.05) is 27.4 Å². The molecular weight excluding hydrogens is 741 g/mol. The number of nitro benzene ring substituents is 1. The molecule has 0 aliphatic carbocycles. The van der Waals surface area contributed by atoms with E-state index in [1.807, 2.05) is 0 Å². The molecule has 1 heterocycles. The summed E-state index contributed by atoms with van der Waals surface area (Å²) in [6.45, 7) is 3.14. The molecule has 3 aromatic carbocycles. The third kappa shape index (κ3) is 8.90. The molecule has 3 N–H and O–H groups in total. The minimum atomic E-state index is -0.805. The van der Waals surface area contributed by atoms with Gasteiger partial charge in [0.05, 0.1) is 43.6 Å². The lowest BCUT2D eigenvalue weighted by Crippen LogP contribution is -2.45. The lowest BCUT2D eigenvalue weighted by Gasteiger charge is -2.28. The normalized spacial score (nSPS) is 14.1. The van der Waals surface area contributed by atoms with Crippen molar-refractivity contribution in [1.82, 2.24) is 16.1 Å². The number of ether oxygens (including phenoxy) is 5. The van der Waals surface area contributed by atoms with Gasteiger partial charge in [-0.25, -0.2) is 15.0 Å². The number of methoxy groups -OCH3 is 2. The van der Waals surface area contributed by atoms with Gasteiger partial charge in [0, 0.05) is 27.0 Å². The summed E-state index contributed by atoms with van der Waals surface area (Å²) < 4.78 is 28.6. The van der Waals surface area contributed by atoms with E-state index >= 15 is 0 Å². The fourth-order valence-corrected chi connectivity index (χ4v) is 5.23. The topological polar surface area (TPSA) is 189 Å². The molecule has 48 heavy (non-hydrogen) atoms. The summed E-state index contributed by atoms with van der Waals surface area (Å²) in [6.07, 6.45) is 1.40. The van der Waals surface area contributed by atoms with Crippen molar-refractivity contribution >= 4 is 52.4 Å². The smallest absolute Gasteiger partial charge is 0.338 e. The Morgan fingerprint density at radius 1 is 1.04 bits per heavy atom. The monoisotopic (exact) mass is 773 g/mol. The maximum absolute atomic E-state index is 12.6. The van der Waals surface area contributed by atoms with E-state index in [0.29, 0.717) is 33.9 Å². The first-order valence-electron chi connectivity index (χ1n) is 14.4. The van der Waals surface area contributed by atoms with Crippen molar-refractivity contribution < 1.29 is 43.0 Å². The van der Waals surface area contributed by atoms with Gasteiger partial charge < -0.3 is 34.3 Å². The number of hydrogen-bond acceptors (Lipinski definition) is 11. The van der Waals surface area contributed by atoms with Crippen LogP contribution in [0.25, 0.3) is 0 Å². The van der Waals surface area contributed by atoms with Crippen molar-refractivity contribution in [3.8, 4) is 23.0 Å². The number of hydrazone groups is 1. The van der Waals surface area contributed by atoms with Gasteiger partial charge in [-0.1, -0.05) is 6.07 Å². The van der Waals surface area contributed by atoms with Crippen molar-refractivity contribution in [2.24, 2.45) is 5.10 Å². The summed E-state index contributed by atoms with van der Waals surface area (Å²) in [4.78, 5) is 47.9. The zero-order valence-corrected chi connectivity index (χ0v) is 28.5. The first-order valence-corrected chi connectivity index (χ1v) is 15.4. The molecule has 0 aromatic heterocycles. The van der Waals surface area contributed by atoms with E-state index in [9.17, 15) is 24.5 Å². The summed E-state index contributed by atoms with van der Waals surface area (Å²) in [5.41, 5.74) is 4.73. The summed E-state index contributed by atoms with van der Waals surface area (Å²) in [5.74, 6) is 0.144. The molecule has 0 bridgehead atoms. The van der Waals surface area contributed by atoms with E-state index < -0.39 is 35.5 Å². The number of urea groups is 1. The summed E-state index contributed by atoms with van der Waals surface area (Å²) >= 11 is 2.11. The third-order valence-corrected chi connectivity index (χ3v) is 7.46. The molecule has 0 saturated heterocycles. The van der Waals surface area contributed by atoms with E-state index in [-0.39, 0.29) is 36.0 Å². The molecule has 0 saturated carbocycles. The Balaban J connectivity index is 1.42. The predicted octanol–water partition coefficient (Wildman–Crippen LogP) is 4.52. The molecule has 4 rings (SSSR count). The van der Waals surface area contributed by atoms with Gasteiger partial charge in [0.2, 0.25) is 0 Å². The predicted molar refractivity (Wildman–Crippen MR) is 181 cm³/mol. The largest absolute Gasteiger partial charge is 0.493 e. The zero-order valence-electron chi connectivity index (χ0n) is 26.3. The number of non-ortho nitro benzene ring substituents is 1. The summed E-state index contributed by atoms with van der Waals surface area (Å²) in [5, 5.41) is 20.3. The maximum Gasteiger partial charge on any atom is 0.338 e. The number of nitrogens with zero attached hydrogens (tertiary/aromatic N) is 2. The summed E-state index contributed by atoms with van der Waals surface area (Å²) in [7, 11) is 2.91. The minimum Gasteiger partial charge on any atom is -0.493 e. The van der Waals surface area contributed by atoms with Crippen LogP contribution in [-0.4, -0.2) is 56.5 Å². The fraction of sp³-hybridized carbons (Fsp3) is 0.250. The fourth-order valence-electron chi connectivity index (χ4n) is 4.62. The van der Waals surface area contributed by atoms with Crippen LogP contribution in [0.15, 0.2) is 71.0 Å². The second-order valence-corrected chi connectivity index (χ2v) is 11.3. The van der Waals surface area contributed by atoms with Crippen molar-refractivity contribution in [1.29, 1.82) is 0 Å². The molecule has 0 fully saturated rings. The van der Waals surface area contributed by atoms with Crippen molar-refractivity contribution in [3.63, 3.8) is 0 Å². The number of halogens is 1. The average Bonchev–Trinajstić information content (AvgIpc) is 3.06. The number of benzene rings is 3. The van der Waals surface area contributed by atoms with Gasteiger partial charge in [-0.05, 0) is 84.0 Å². The SMILES string of the molecule is CCOC(=O)C1=C(C)NC(=O)N[C@H]1c1ccc(OCC(=O)N/N=C/c2cc(I)cc(OC)c2OCc2ccc([N+](=O)[O-])cc2)c(OC)c1. The van der Waals surface area contributed by atoms with Gasteiger partial charge in [-0.3, -0.25) is 14.9 Å². The van der Waals surface area contributed by atoms with Gasteiger partial charge in [0.1, 0.15) is 6.61 Å². The zero-order chi connectivity index (χ0) is 34.8. The van der Waals surface area contributed by atoms with Crippen LogP contribution in [0.3, 0.4) is 0 Å². The number of carbonyl (C=O) groups is 3. The first kappa shape index (κ1) is 35.5. The molecule has 1 atom stereocenters. The number of allylic oxidation sites excluding steroid dienone is 1. The van der Waals surface area contributed by atoms with E-state index in [2.05, 4.69) is 43.8 Å². The van der Waals surface area contributed by atoms with Gasteiger partial charge in [-0.2, -0.15) is 5.10 Å². The Labute approximate surface area is 288 Å². The molecule has 16 heteroatoms. The van der Waals surface area contributed by atoms with Crippen LogP contribution in [0.1, 0.15) is 36.6 Å². The number of carbonyl (C=O) groups excluding carboxylic acids is 3. The van der Waals surface area contributed by atoms with Gasteiger partial charge in [0.15, 0.2) is 29.6 Å². The van der Waals surface area contributed by atoms with Crippen LogP contribution in [0, 0.1) is 13.7 Å². The van der Waals surface area contributed by atoms with Crippen molar-refractivity contribution in [3.05, 3.63) is 96.2 Å². The Bertz CT molecular complexity index is 1760. The average molecular weight is 774 g/mol. The van der Waals surface area contributed by atoms with Crippen LogP contribution in [-0.2, 0) is 20.9 Å². The number of amides is 3. The highest BCUT2D eigenvalue weighted by Gasteiger charge is 2.32. The van der Waals surface area contributed by atoms with Crippen LogP contribution in [0.4, 0.5) is 10.5 Å². The molecular formula is C32H32IN5O10. The number of rotatable bonds is 14. The molecule has 1 aliphatic heterocycles. The van der Waals surface area contributed by atoms with E-state index in [1.54, 1.807) is 56.3 Å². The van der Waals surface area contributed by atoms with Crippen molar-refractivity contribution in [2.45, 2.75) is 26.5 Å². The molecule has 3 aromatic rings. The second-order valence-electron chi connectivity index (χ2n) is 10.0. The van der Waals surface area contributed by atoms with Crippen LogP contribution >= 0.6 is 22.6 Å². The Morgan fingerprint density at radius 2 is 1.77 bits per heavy atom. The molecule has 15 nitrogen and oxygen atoms in total. The highest BCUT2D eigenvalue weighted by Crippen LogP contribution is 2.35. The van der Waals surface area contributed by atoms with Gasteiger partial charge in [0.25, 0.3) is 11.6 Å². The van der Waals surface area contributed by atoms with Crippen LogP contribution in [0.5, 0.6) is 23.0 Å². The van der Waals surface area contributed by atoms with Crippen LogP contribution in [0.2, 0.25) is 0 Å². The molecule has 0 unspecified atom stereocenters. The van der Waals surface area contributed by atoms with Gasteiger partial charge in [-0.15, -0.1) is 0 Å². The molecule has 252 valence electrons. The number of esters is 1. The molecule has 0 radical (unpaired) electrons. The maximum atomic E-state index is 12.6. The Morgan fingerprint density at radius 3 is 2.44 bits per heavy atom. The quantitative estimate of drug-likeness (QED) is 0.0691. The standard InChI is InChI=1S/C32H32IN5O10/c1-5-46-31(40)28-18(2)35-32(41)36-29(28)20-8-11-24(25(13-20)44-3)47-17-27(39)37-34-15-21-12-22(33)14-26(45-4)30(21)48-16-19-6-9-23(10-7-19)38(42)43/h6-15,29H,5,16-17H2,1-4H3,(H,37,39)(H2,35,36,41)/b34-15+/t29-/m0/s1. The van der Waals surface area contributed by atoms with E-state index in [4.69, 9.17) is 23.7 Å². The van der Waals surface area contributed by atoms with E-state index in [0.717, 1.165) is 3.57 Å². The number of nitrogens with one attached hydrogen (secondary N) is 3. The number of nitro groups is 1. The second kappa shape index (κ2) is 16.4. The third-order valence-electron chi connectivity index (χ3n) is 6.84.